The summed E-state index contributed by atoms with van der Waals surface area (Å²) in [5.74, 6) is -1.14. The number of carboxylic acid groups (broad SMARTS) is 1. The van der Waals surface area contributed by atoms with E-state index in [-0.39, 0.29) is 18.9 Å². The molecule has 1 aliphatic rings. The van der Waals surface area contributed by atoms with E-state index in [1.165, 1.54) is 11.3 Å². The number of aliphatic carboxylic acids is 1. The van der Waals surface area contributed by atoms with E-state index in [1.54, 1.807) is 0 Å². The first kappa shape index (κ1) is 19.2. The van der Waals surface area contributed by atoms with Gasteiger partial charge in [0.2, 0.25) is 0 Å². The molecule has 0 bridgehead atoms. The van der Waals surface area contributed by atoms with Gasteiger partial charge in [0.25, 0.3) is 0 Å². The number of hydrogen-bond acceptors (Lipinski definition) is 4. The first-order chi connectivity index (χ1) is 14.0. The average molecular weight is 407 g/mol. The SMILES string of the molecule is Cc1ccsc1C[C@H](NC(=O)OCC1c2ccccc2-c2ccccc21)C(=O)O. The zero-order valence-corrected chi connectivity index (χ0v) is 16.7. The number of aryl methyl sites for hydroxylation is 1. The molecule has 148 valence electrons. The predicted octanol–water partition coefficient (Wildman–Crippen LogP) is 4.59. The second-order valence-electron chi connectivity index (χ2n) is 7.09. The summed E-state index contributed by atoms with van der Waals surface area (Å²) in [4.78, 5) is 24.9. The number of fused-ring (bicyclic) bond motifs is 3. The van der Waals surface area contributed by atoms with Gasteiger partial charge in [-0.1, -0.05) is 48.5 Å². The van der Waals surface area contributed by atoms with Crippen LogP contribution in [-0.2, 0) is 16.0 Å². The van der Waals surface area contributed by atoms with Gasteiger partial charge in [0, 0.05) is 17.2 Å². The topological polar surface area (TPSA) is 75.6 Å². The average Bonchev–Trinajstić information content (AvgIpc) is 3.27. The number of nitrogens with one attached hydrogen (secondary N) is 1. The van der Waals surface area contributed by atoms with Crippen molar-refractivity contribution in [2.75, 3.05) is 6.61 Å². The van der Waals surface area contributed by atoms with E-state index >= 15 is 0 Å². The molecule has 2 aromatic carbocycles. The van der Waals surface area contributed by atoms with Gasteiger partial charge in [-0.3, -0.25) is 0 Å². The second kappa shape index (κ2) is 8.09. The Kier molecular flexibility index (Phi) is 5.36. The monoisotopic (exact) mass is 407 g/mol. The third kappa shape index (κ3) is 3.89. The lowest BCUT2D eigenvalue weighted by molar-refractivity contribution is -0.139. The maximum Gasteiger partial charge on any atom is 0.407 e. The lowest BCUT2D eigenvalue weighted by Gasteiger charge is -2.17. The Morgan fingerprint density at radius 2 is 1.69 bits per heavy atom. The zero-order chi connectivity index (χ0) is 20.4. The molecule has 4 rings (SSSR count). The molecule has 0 saturated carbocycles. The summed E-state index contributed by atoms with van der Waals surface area (Å²) < 4.78 is 5.46. The fourth-order valence-electron chi connectivity index (χ4n) is 3.78. The minimum absolute atomic E-state index is 0.0593. The molecule has 3 aromatic rings. The van der Waals surface area contributed by atoms with Gasteiger partial charge >= 0.3 is 12.1 Å². The minimum atomic E-state index is -1.08. The van der Waals surface area contributed by atoms with Crippen molar-refractivity contribution in [1.82, 2.24) is 5.32 Å². The summed E-state index contributed by atoms with van der Waals surface area (Å²) in [6, 6.07) is 17.1. The number of carboxylic acids is 1. The molecule has 1 atom stereocenters. The molecular weight excluding hydrogens is 386 g/mol. The lowest BCUT2D eigenvalue weighted by Crippen LogP contribution is -2.42. The van der Waals surface area contributed by atoms with Gasteiger partial charge in [-0.25, -0.2) is 9.59 Å². The highest BCUT2D eigenvalue weighted by Crippen LogP contribution is 2.44. The van der Waals surface area contributed by atoms with E-state index in [9.17, 15) is 14.7 Å². The summed E-state index contributed by atoms with van der Waals surface area (Å²) >= 11 is 1.49. The van der Waals surface area contributed by atoms with Crippen molar-refractivity contribution in [3.05, 3.63) is 81.5 Å². The van der Waals surface area contributed by atoms with Crippen LogP contribution in [0.1, 0.15) is 27.5 Å². The molecule has 0 aliphatic heterocycles. The largest absolute Gasteiger partial charge is 0.480 e. The normalized spacial score (nSPS) is 13.4. The van der Waals surface area contributed by atoms with E-state index in [2.05, 4.69) is 17.4 Å². The zero-order valence-electron chi connectivity index (χ0n) is 15.9. The highest BCUT2D eigenvalue weighted by atomic mass is 32.1. The summed E-state index contributed by atoms with van der Waals surface area (Å²) in [7, 11) is 0. The Balaban J connectivity index is 1.44. The number of ether oxygens (including phenoxy) is 1. The van der Waals surface area contributed by atoms with Crippen molar-refractivity contribution in [1.29, 1.82) is 0 Å². The first-order valence-corrected chi connectivity index (χ1v) is 10.3. The van der Waals surface area contributed by atoms with Gasteiger partial charge < -0.3 is 15.2 Å². The molecule has 1 aromatic heterocycles. The molecule has 0 radical (unpaired) electrons. The van der Waals surface area contributed by atoms with Crippen LogP contribution >= 0.6 is 11.3 Å². The molecule has 6 heteroatoms. The molecule has 5 nitrogen and oxygen atoms in total. The number of amides is 1. The van der Waals surface area contributed by atoms with Crippen molar-refractivity contribution in [2.45, 2.75) is 25.3 Å². The van der Waals surface area contributed by atoms with Gasteiger partial charge in [0.05, 0.1) is 0 Å². The number of carbonyl (C=O) groups is 2. The maximum atomic E-state index is 12.4. The Labute approximate surface area is 173 Å². The molecule has 0 unspecified atom stereocenters. The number of benzene rings is 2. The minimum Gasteiger partial charge on any atom is -0.480 e. The van der Waals surface area contributed by atoms with Crippen LogP contribution in [0.15, 0.2) is 60.0 Å². The van der Waals surface area contributed by atoms with Gasteiger partial charge in [0.1, 0.15) is 12.6 Å². The molecular formula is C23H21NO4S. The molecule has 1 heterocycles. The highest BCUT2D eigenvalue weighted by Gasteiger charge is 2.30. The quantitative estimate of drug-likeness (QED) is 0.627. The summed E-state index contributed by atoms with van der Waals surface area (Å²) in [5.41, 5.74) is 5.55. The fraction of sp³-hybridized carbons (Fsp3) is 0.217. The van der Waals surface area contributed by atoms with Gasteiger partial charge in [-0.05, 0) is 46.2 Å². The smallest absolute Gasteiger partial charge is 0.407 e. The van der Waals surface area contributed by atoms with E-state index in [4.69, 9.17) is 4.74 Å². The second-order valence-corrected chi connectivity index (χ2v) is 8.09. The van der Waals surface area contributed by atoms with Crippen LogP contribution in [0.25, 0.3) is 11.1 Å². The molecule has 1 aliphatic carbocycles. The predicted molar refractivity (Wildman–Crippen MR) is 112 cm³/mol. The van der Waals surface area contributed by atoms with Crippen LogP contribution in [0.3, 0.4) is 0 Å². The van der Waals surface area contributed by atoms with E-state index in [0.29, 0.717) is 0 Å². The van der Waals surface area contributed by atoms with E-state index in [1.807, 2.05) is 54.8 Å². The summed E-state index contributed by atoms with van der Waals surface area (Å²) in [6.45, 7) is 2.09. The van der Waals surface area contributed by atoms with Crippen LogP contribution in [-0.4, -0.2) is 29.8 Å². The van der Waals surface area contributed by atoms with E-state index < -0.39 is 18.1 Å². The third-order valence-electron chi connectivity index (χ3n) is 5.29. The Hall–Kier alpha value is -3.12. The lowest BCUT2D eigenvalue weighted by atomic mass is 9.98. The Morgan fingerprint density at radius 1 is 1.07 bits per heavy atom. The summed E-state index contributed by atoms with van der Waals surface area (Å²) in [6.07, 6.45) is -0.475. The molecule has 29 heavy (non-hydrogen) atoms. The van der Waals surface area contributed by atoms with Crippen LogP contribution in [0.5, 0.6) is 0 Å². The molecule has 0 spiro atoms. The number of hydrogen-bond donors (Lipinski definition) is 2. The third-order valence-corrected chi connectivity index (χ3v) is 6.34. The number of carbonyl (C=O) groups excluding carboxylic acids is 1. The highest BCUT2D eigenvalue weighted by molar-refractivity contribution is 7.10. The van der Waals surface area contributed by atoms with Gasteiger partial charge in [-0.15, -0.1) is 11.3 Å². The fourth-order valence-corrected chi connectivity index (χ4v) is 4.73. The van der Waals surface area contributed by atoms with Crippen LogP contribution < -0.4 is 5.32 Å². The molecule has 0 fully saturated rings. The van der Waals surface area contributed by atoms with Gasteiger partial charge in [-0.2, -0.15) is 0 Å². The van der Waals surface area contributed by atoms with Crippen molar-refractivity contribution in [3.8, 4) is 11.1 Å². The number of alkyl carbamates (subject to hydrolysis) is 1. The summed E-state index contributed by atoms with van der Waals surface area (Å²) in [5, 5.41) is 13.9. The number of thiophene rings is 1. The number of rotatable bonds is 6. The van der Waals surface area contributed by atoms with Crippen molar-refractivity contribution in [2.24, 2.45) is 0 Å². The van der Waals surface area contributed by atoms with Crippen LogP contribution in [0, 0.1) is 6.92 Å². The molecule has 1 amide bonds. The molecule has 2 N–H and O–H groups in total. The van der Waals surface area contributed by atoms with Crippen LogP contribution in [0.4, 0.5) is 4.79 Å². The maximum absolute atomic E-state index is 12.4. The van der Waals surface area contributed by atoms with Crippen LogP contribution in [0.2, 0.25) is 0 Å². The van der Waals surface area contributed by atoms with E-state index in [0.717, 1.165) is 32.7 Å². The first-order valence-electron chi connectivity index (χ1n) is 9.42. The van der Waals surface area contributed by atoms with Crippen molar-refractivity contribution in [3.63, 3.8) is 0 Å². The molecule has 0 saturated heterocycles. The standard InChI is InChI=1S/C23H21NO4S/c1-14-10-11-29-21(14)12-20(22(25)26)24-23(27)28-13-19-17-8-4-2-6-15(17)16-7-3-5-9-18(16)19/h2-11,19-20H,12-13H2,1H3,(H,24,27)(H,25,26)/t20-/m0/s1. The van der Waals surface area contributed by atoms with Crippen molar-refractivity contribution < 1.29 is 19.4 Å². The van der Waals surface area contributed by atoms with Gasteiger partial charge in [0.15, 0.2) is 0 Å². The Morgan fingerprint density at radius 3 is 2.24 bits per heavy atom. The Bertz CT molecular complexity index is 1010. The van der Waals surface area contributed by atoms with Crippen molar-refractivity contribution >= 4 is 23.4 Å².